The number of para-hydroxylation sites is 1. The van der Waals surface area contributed by atoms with Gasteiger partial charge in [0.15, 0.2) is 0 Å². The van der Waals surface area contributed by atoms with E-state index in [9.17, 15) is 8.78 Å². The summed E-state index contributed by atoms with van der Waals surface area (Å²) in [5, 5.41) is 0. The van der Waals surface area contributed by atoms with Gasteiger partial charge in [0, 0.05) is 0 Å². The van der Waals surface area contributed by atoms with Crippen LogP contribution in [-0.2, 0) is 0 Å². The van der Waals surface area contributed by atoms with Crippen LogP contribution in [0.2, 0.25) is 0 Å². The molecule has 0 aromatic heterocycles. The Morgan fingerprint density at radius 2 is 2.08 bits per heavy atom. The standard InChI is InChI=1S/C8H7F2NSSe/c9-8(10)11-5-12(13)7-4-2-1-3-6(7)11/h1-4,8H,5H2. The van der Waals surface area contributed by atoms with Crippen LogP contribution in [0.4, 0.5) is 14.5 Å². The molecular weight excluding hydrogens is 259 g/mol. The number of nitrogens with zero attached hydrogens (tertiary/aromatic N) is 1. The van der Waals surface area contributed by atoms with Crippen LogP contribution in [0.15, 0.2) is 29.2 Å². The van der Waals surface area contributed by atoms with Crippen LogP contribution in [0.1, 0.15) is 0 Å². The van der Waals surface area contributed by atoms with E-state index in [1.54, 1.807) is 12.1 Å². The summed E-state index contributed by atoms with van der Waals surface area (Å²) in [6, 6.07) is 7.31. The fraction of sp³-hybridized carbons (Fsp3) is 0.250. The molecule has 1 aliphatic rings. The molecule has 0 amide bonds. The zero-order chi connectivity index (χ0) is 9.42. The van der Waals surface area contributed by atoms with E-state index in [1.807, 2.05) is 12.1 Å². The predicted molar refractivity (Wildman–Crippen MR) is 51.4 cm³/mol. The quantitative estimate of drug-likeness (QED) is 0.557. The van der Waals surface area contributed by atoms with Gasteiger partial charge in [-0.2, -0.15) is 0 Å². The van der Waals surface area contributed by atoms with Gasteiger partial charge in [0.25, 0.3) is 0 Å². The molecule has 1 atom stereocenters. The van der Waals surface area contributed by atoms with E-state index >= 15 is 0 Å². The molecule has 1 heterocycles. The van der Waals surface area contributed by atoms with E-state index in [-0.39, 0.29) is 8.82 Å². The number of rotatable bonds is 1. The zero-order valence-electron chi connectivity index (χ0n) is 6.61. The maximum atomic E-state index is 12.5. The van der Waals surface area contributed by atoms with Gasteiger partial charge in [-0.15, -0.1) is 0 Å². The molecule has 5 heteroatoms. The van der Waals surface area contributed by atoms with Gasteiger partial charge >= 0.3 is 84.2 Å². The third-order valence-corrected chi connectivity index (χ3v) is 5.05. The molecule has 70 valence electrons. The van der Waals surface area contributed by atoms with Gasteiger partial charge in [-0.3, -0.25) is 0 Å². The van der Waals surface area contributed by atoms with Crippen LogP contribution < -0.4 is 4.90 Å². The Hall–Kier alpha value is -0.251. The molecule has 1 nitrogen and oxygen atoms in total. The first kappa shape index (κ1) is 9.31. The number of hydrogen-bond acceptors (Lipinski definition) is 1. The predicted octanol–water partition coefficient (Wildman–Crippen LogP) is 2.40. The fourth-order valence-electron chi connectivity index (χ4n) is 1.31. The van der Waals surface area contributed by atoms with E-state index in [0.29, 0.717) is 11.6 Å². The Balaban J connectivity index is 2.47. The van der Waals surface area contributed by atoms with Crippen molar-refractivity contribution in [1.82, 2.24) is 0 Å². The normalized spacial score (nSPS) is 20.8. The molecule has 0 N–H and O–H groups in total. The monoisotopic (exact) mass is 267 g/mol. The molecule has 1 aromatic rings. The number of hydrogen-bond donors (Lipinski definition) is 0. The van der Waals surface area contributed by atoms with Crippen molar-refractivity contribution in [2.24, 2.45) is 0 Å². The summed E-state index contributed by atoms with van der Waals surface area (Å²) < 4.78 is 25.0. The molecule has 0 spiro atoms. The van der Waals surface area contributed by atoms with Gasteiger partial charge in [-0.25, -0.2) is 0 Å². The van der Waals surface area contributed by atoms with Crippen LogP contribution in [0.5, 0.6) is 0 Å². The van der Waals surface area contributed by atoms with Crippen molar-refractivity contribution in [1.29, 1.82) is 0 Å². The molecule has 1 unspecified atom stereocenters. The molecule has 0 aliphatic carbocycles. The summed E-state index contributed by atoms with van der Waals surface area (Å²) in [5.74, 6) is 0.400. The van der Waals surface area contributed by atoms with Gasteiger partial charge in [0.05, 0.1) is 0 Å². The van der Waals surface area contributed by atoms with Crippen molar-refractivity contribution in [2.75, 3.05) is 10.8 Å². The second kappa shape index (κ2) is 3.48. The van der Waals surface area contributed by atoms with Crippen molar-refractivity contribution >= 4 is 28.9 Å². The van der Waals surface area contributed by atoms with Crippen LogP contribution in [0.25, 0.3) is 0 Å². The van der Waals surface area contributed by atoms with Crippen molar-refractivity contribution in [3.8, 4) is 0 Å². The third kappa shape index (κ3) is 1.56. The number of halogens is 2. The summed E-state index contributed by atoms with van der Waals surface area (Å²) in [5.41, 5.74) is 0.666. The summed E-state index contributed by atoms with van der Waals surface area (Å²) in [6.07, 6.45) is 0. The molecule has 0 saturated carbocycles. The summed E-state index contributed by atoms with van der Waals surface area (Å²) in [7, 11) is -0.178. The second-order valence-electron chi connectivity index (χ2n) is 2.69. The SMILES string of the molecule is FC(F)N1CS(=[Se])c2ccccc21. The summed E-state index contributed by atoms with van der Waals surface area (Å²) in [4.78, 5) is 2.14. The molecule has 0 fully saturated rings. The number of benzene rings is 1. The Kier molecular flexibility index (Phi) is 2.49. The third-order valence-electron chi connectivity index (χ3n) is 1.91. The Morgan fingerprint density at radius 3 is 2.77 bits per heavy atom. The fourth-order valence-corrected chi connectivity index (χ4v) is 4.21. The average molecular weight is 266 g/mol. The first-order valence-electron chi connectivity index (χ1n) is 3.72. The van der Waals surface area contributed by atoms with E-state index in [4.69, 9.17) is 0 Å². The molecule has 1 aliphatic heterocycles. The van der Waals surface area contributed by atoms with Crippen LogP contribution in [0.3, 0.4) is 0 Å². The minimum atomic E-state index is -2.40. The second-order valence-corrected chi connectivity index (χ2v) is 6.61. The van der Waals surface area contributed by atoms with E-state index in [1.165, 1.54) is 0 Å². The Labute approximate surface area is 84.3 Å². The van der Waals surface area contributed by atoms with Gasteiger partial charge in [0.2, 0.25) is 0 Å². The van der Waals surface area contributed by atoms with E-state index < -0.39 is 6.55 Å². The molecule has 0 radical (unpaired) electrons. The van der Waals surface area contributed by atoms with Gasteiger partial charge in [-0.1, -0.05) is 0 Å². The summed E-state index contributed by atoms with van der Waals surface area (Å²) in [6.45, 7) is -2.40. The van der Waals surface area contributed by atoms with Crippen molar-refractivity contribution in [3.63, 3.8) is 0 Å². The van der Waals surface area contributed by atoms with E-state index in [0.717, 1.165) is 9.80 Å². The van der Waals surface area contributed by atoms with E-state index in [2.05, 4.69) is 14.4 Å². The molecule has 13 heavy (non-hydrogen) atoms. The minimum absolute atomic E-state index is 0.178. The molecule has 0 bridgehead atoms. The summed E-state index contributed by atoms with van der Waals surface area (Å²) >= 11 is 2.93. The van der Waals surface area contributed by atoms with Crippen molar-refractivity contribution < 1.29 is 8.78 Å². The van der Waals surface area contributed by atoms with Crippen LogP contribution in [-0.4, -0.2) is 26.8 Å². The zero-order valence-corrected chi connectivity index (χ0v) is 9.14. The number of alkyl halides is 2. The number of anilines is 1. The molecular formula is C8H7F2NSSe. The first-order valence-corrected chi connectivity index (χ1v) is 7.14. The average Bonchev–Trinajstić information content (AvgIpc) is 2.45. The van der Waals surface area contributed by atoms with Gasteiger partial charge < -0.3 is 0 Å². The van der Waals surface area contributed by atoms with Crippen molar-refractivity contribution in [3.05, 3.63) is 24.3 Å². The first-order chi connectivity index (χ1) is 6.20. The van der Waals surface area contributed by atoms with Crippen LogP contribution in [0, 0.1) is 0 Å². The molecule has 0 saturated heterocycles. The van der Waals surface area contributed by atoms with Gasteiger partial charge in [-0.05, 0) is 0 Å². The molecule has 1 aromatic carbocycles. The molecule has 2 rings (SSSR count). The Bertz CT molecular complexity index is 356. The van der Waals surface area contributed by atoms with Gasteiger partial charge in [0.1, 0.15) is 0 Å². The van der Waals surface area contributed by atoms with Crippen LogP contribution >= 0.6 is 8.82 Å². The van der Waals surface area contributed by atoms with Crippen molar-refractivity contribution in [2.45, 2.75) is 11.4 Å². The number of fused-ring (bicyclic) bond motifs is 1. The topological polar surface area (TPSA) is 3.24 Å². The maximum absolute atomic E-state index is 12.5. The Morgan fingerprint density at radius 1 is 1.38 bits per heavy atom.